The van der Waals surface area contributed by atoms with E-state index in [9.17, 15) is 4.79 Å². The molecule has 1 fully saturated rings. The summed E-state index contributed by atoms with van der Waals surface area (Å²) < 4.78 is 0. The van der Waals surface area contributed by atoms with Crippen LogP contribution >= 0.6 is 23.4 Å². The lowest BCUT2D eigenvalue weighted by Gasteiger charge is -2.10. The third-order valence-electron chi connectivity index (χ3n) is 2.65. The lowest BCUT2D eigenvalue weighted by Crippen LogP contribution is -2.29. The second kappa shape index (κ2) is 5.60. The van der Waals surface area contributed by atoms with Crippen molar-refractivity contribution >= 4 is 35.1 Å². The molecule has 92 valence electrons. The Labute approximate surface area is 109 Å². The molecule has 0 radical (unpaired) electrons. The summed E-state index contributed by atoms with van der Waals surface area (Å²) in [6.07, 6.45) is 1.17. The highest BCUT2D eigenvalue weighted by Gasteiger charge is 2.16. The molecular weight excluding hydrogens is 258 g/mol. The molecule has 17 heavy (non-hydrogen) atoms. The minimum atomic E-state index is -0.141. The van der Waals surface area contributed by atoms with E-state index in [1.807, 2.05) is 11.8 Å². The van der Waals surface area contributed by atoms with Crippen LogP contribution < -0.4 is 11.1 Å². The second-order valence-corrected chi connectivity index (χ2v) is 5.58. The highest BCUT2D eigenvalue weighted by atomic mass is 35.5. The number of rotatable bonds is 3. The normalized spacial score (nSPS) is 19.2. The molecule has 2 heterocycles. The molecule has 2 rings (SSSR count). The Morgan fingerprint density at radius 2 is 2.47 bits per heavy atom. The van der Waals surface area contributed by atoms with Gasteiger partial charge in [0.05, 0.1) is 0 Å². The Kier molecular flexibility index (Phi) is 4.12. The molecule has 1 unspecified atom stereocenters. The van der Waals surface area contributed by atoms with Crippen molar-refractivity contribution in [2.24, 2.45) is 5.92 Å². The Balaban J connectivity index is 1.94. The van der Waals surface area contributed by atoms with Crippen LogP contribution in [0.1, 0.15) is 16.8 Å². The number of carbonyl (C=O) groups excluding carboxylic acids is 1. The first-order valence-corrected chi connectivity index (χ1v) is 6.97. The van der Waals surface area contributed by atoms with Crippen molar-refractivity contribution in [3.8, 4) is 0 Å². The van der Waals surface area contributed by atoms with E-state index in [2.05, 4.69) is 10.3 Å². The monoisotopic (exact) mass is 271 g/mol. The van der Waals surface area contributed by atoms with Gasteiger partial charge in [-0.15, -0.1) is 0 Å². The lowest BCUT2D eigenvalue weighted by molar-refractivity contribution is 0.0948. The molecule has 0 bridgehead atoms. The largest absolute Gasteiger partial charge is 0.384 e. The SMILES string of the molecule is Nc1cc(C(=O)NCC2CCSC2)cc(Cl)n1. The van der Waals surface area contributed by atoms with Crippen LogP contribution in [0.4, 0.5) is 5.82 Å². The Hall–Kier alpha value is -0.940. The first-order chi connectivity index (χ1) is 8.15. The predicted molar refractivity (Wildman–Crippen MR) is 71.4 cm³/mol. The average Bonchev–Trinajstić information content (AvgIpc) is 2.77. The maximum Gasteiger partial charge on any atom is 0.251 e. The van der Waals surface area contributed by atoms with Gasteiger partial charge in [0.25, 0.3) is 5.91 Å². The molecule has 1 atom stereocenters. The Morgan fingerprint density at radius 3 is 3.12 bits per heavy atom. The van der Waals surface area contributed by atoms with Gasteiger partial charge in [0, 0.05) is 12.1 Å². The van der Waals surface area contributed by atoms with Gasteiger partial charge in [0.1, 0.15) is 11.0 Å². The first kappa shape index (κ1) is 12.5. The third kappa shape index (κ3) is 3.51. The summed E-state index contributed by atoms with van der Waals surface area (Å²) in [6.45, 7) is 0.714. The predicted octanol–water partition coefficient (Wildman–Crippen LogP) is 1.80. The zero-order chi connectivity index (χ0) is 12.3. The third-order valence-corrected chi connectivity index (χ3v) is 4.08. The summed E-state index contributed by atoms with van der Waals surface area (Å²) in [6, 6.07) is 3.06. The Morgan fingerprint density at radius 1 is 1.65 bits per heavy atom. The van der Waals surface area contributed by atoms with E-state index in [0.29, 0.717) is 18.0 Å². The molecule has 1 aliphatic heterocycles. The molecule has 1 aliphatic rings. The van der Waals surface area contributed by atoms with Crippen molar-refractivity contribution in [3.63, 3.8) is 0 Å². The number of nitrogens with zero attached hydrogens (tertiary/aromatic N) is 1. The maximum atomic E-state index is 11.8. The number of carbonyl (C=O) groups is 1. The molecule has 1 aromatic rings. The Bertz CT molecular complexity index is 401. The van der Waals surface area contributed by atoms with Crippen LogP contribution in [0.15, 0.2) is 12.1 Å². The number of halogens is 1. The molecule has 6 heteroatoms. The maximum absolute atomic E-state index is 11.8. The smallest absolute Gasteiger partial charge is 0.251 e. The second-order valence-electron chi connectivity index (χ2n) is 4.04. The molecule has 0 aliphatic carbocycles. The molecule has 3 N–H and O–H groups in total. The fraction of sp³-hybridized carbons (Fsp3) is 0.455. The van der Waals surface area contributed by atoms with Crippen molar-refractivity contribution < 1.29 is 4.79 Å². The highest BCUT2D eigenvalue weighted by Crippen LogP contribution is 2.22. The van der Waals surface area contributed by atoms with E-state index in [1.54, 1.807) is 0 Å². The van der Waals surface area contributed by atoms with Crippen molar-refractivity contribution in [3.05, 3.63) is 22.8 Å². The minimum Gasteiger partial charge on any atom is -0.384 e. The molecule has 1 aromatic heterocycles. The van der Waals surface area contributed by atoms with Gasteiger partial charge in [0.15, 0.2) is 0 Å². The first-order valence-electron chi connectivity index (χ1n) is 5.44. The van der Waals surface area contributed by atoms with Gasteiger partial charge in [-0.2, -0.15) is 11.8 Å². The summed E-state index contributed by atoms with van der Waals surface area (Å²) in [5.41, 5.74) is 6.00. The topological polar surface area (TPSA) is 68.0 Å². The van der Waals surface area contributed by atoms with Gasteiger partial charge >= 0.3 is 0 Å². The quantitative estimate of drug-likeness (QED) is 0.823. The fourth-order valence-electron chi connectivity index (χ4n) is 1.73. The molecular formula is C11H14ClN3OS. The van der Waals surface area contributed by atoms with Crippen molar-refractivity contribution in [1.29, 1.82) is 0 Å². The zero-order valence-electron chi connectivity index (χ0n) is 9.28. The summed E-state index contributed by atoms with van der Waals surface area (Å²) >= 11 is 7.68. The zero-order valence-corrected chi connectivity index (χ0v) is 10.9. The number of nitrogens with two attached hydrogens (primary N) is 1. The summed E-state index contributed by atoms with van der Waals surface area (Å²) in [5.74, 6) is 3.02. The number of anilines is 1. The van der Waals surface area contributed by atoms with Crippen LogP contribution in [0.25, 0.3) is 0 Å². The van der Waals surface area contributed by atoms with Crippen LogP contribution in [0, 0.1) is 5.92 Å². The number of amides is 1. The van der Waals surface area contributed by atoms with Crippen molar-refractivity contribution in [2.45, 2.75) is 6.42 Å². The van der Waals surface area contributed by atoms with Crippen LogP contribution in [-0.4, -0.2) is 28.9 Å². The van der Waals surface area contributed by atoms with E-state index < -0.39 is 0 Å². The number of pyridine rings is 1. The molecule has 1 amide bonds. The molecule has 4 nitrogen and oxygen atoms in total. The van der Waals surface area contributed by atoms with Gasteiger partial charge in [-0.1, -0.05) is 11.6 Å². The standard InChI is InChI=1S/C11H14ClN3OS/c12-9-3-8(4-10(13)15-9)11(16)14-5-7-1-2-17-6-7/h3-4,7H,1-2,5-6H2,(H2,13,15)(H,14,16). The van der Waals surface area contributed by atoms with E-state index >= 15 is 0 Å². The van der Waals surface area contributed by atoms with Crippen LogP contribution in [0.3, 0.4) is 0 Å². The van der Waals surface area contributed by atoms with E-state index in [-0.39, 0.29) is 16.9 Å². The van der Waals surface area contributed by atoms with Gasteiger partial charge in [-0.3, -0.25) is 4.79 Å². The number of hydrogen-bond acceptors (Lipinski definition) is 4. The van der Waals surface area contributed by atoms with Crippen molar-refractivity contribution in [1.82, 2.24) is 10.3 Å². The molecule has 1 saturated heterocycles. The van der Waals surface area contributed by atoms with E-state index in [4.69, 9.17) is 17.3 Å². The lowest BCUT2D eigenvalue weighted by atomic mass is 10.1. The highest BCUT2D eigenvalue weighted by molar-refractivity contribution is 7.99. The number of thioether (sulfide) groups is 1. The number of nitrogens with one attached hydrogen (secondary N) is 1. The van der Waals surface area contributed by atoms with Gasteiger partial charge in [-0.05, 0) is 36.0 Å². The summed E-state index contributed by atoms with van der Waals surface area (Å²) in [4.78, 5) is 15.7. The van der Waals surface area contributed by atoms with Crippen molar-refractivity contribution in [2.75, 3.05) is 23.8 Å². The number of aromatic nitrogens is 1. The van der Waals surface area contributed by atoms with E-state index in [1.165, 1.54) is 24.3 Å². The molecule has 0 spiro atoms. The van der Waals surface area contributed by atoms with Crippen LogP contribution in [0.5, 0.6) is 0 Å². The van der Waals surface area contributed by atoms with Gasteiger partial charge in [-0.25, -0.2) is 4.98 Å². The molecule has 0 saturated carbocycles. The van der Waals surface area contributed by atoms with Gasteiger partial charge in [0.2, 0.25) is 0 Å². The minimum absolute atomic E-state index is 0.141. The van der Waals surface area contributed by atoms with E-state index in [0.717, 1.165) is 5.75 Å². The fourth-order valence-corrected chi connectivity index (χ4v) is 3.23. The van der Waals surface area contributed by atoms with Gasteiger partial charge < -0.3 is 11.1 Å². The van der Waals surface area contributed by atoms with Crippen LogP contribution in [0.2, 0.25) is 5.15 Å². The number of hydrogen-bond donors (Lipinski definition) is 2. The summed E-state index contributed by atoms with van der Waals surface area (Å²) in [5, 5.41) is 3.14. The number of nitrogen functional groups attached to an aromatic ring is 1. The molecule has 0 aromatic carbocycles. The van der Waals surface area contributed by atoms with Crippen LogP contribution in [-0.2, 0) is 0 Å². The summed E-state index contributed by atoms with van der Waals surface area (Å²) in [7, 11) is 0. The average molecular weight is 272 g/mol.